The highest BCUT2D eigenvalue weighted by Crippen LogP contribution is 2.32. The van der Waals surface area contributed by atoms with Crippen molar-refractivity contribution in [3.05, 3.63) is 0 Å². The van der Waals surface area contributed by atoms with Gasteiger partial charge in [0, 0.05) is 31.2 Å². The molecule has 1 unspecified atom stereocenters. The molecular formula is C15H27F3N2O. The van der Waals surface area contributed by atoms with E-state index in [9.17, 15) is 13.2 Å². The van der Waals surface area contributed by atoms with Crippen LogP contribution in [-0.2, 0) is 4.74 Å². The Balaban J connectivity index is 1.95. The molecule has 0 aromatic carbocycles. The number of nitrogens with zero attached hydrogens (tertiary/aromatic N) is 1. The smallest absolute Gasteiger partial charge is 0.381 e. The van der Waals surface area contributed by atoms with Crippen LogP contribution >= 0.6 is 0 Å². The zero-order chi connectivity index (χ0) is 15.3. The molecule has 3 nitrogen and oxygen atoms in total. The molecule has 1 aliphatic heterocycles. The van der Waals surface area contributed by atoms with E-state index in [0.29, 0.717) is 25.7 Å². The third-order valence-corrected chi connectivity index (χ3v) is 4.25. The maximum Gasteiger partial charge on any atom is 0.401 e. The van der Waals surface area contributed by atoms with Crippen LogP contribution in [0.1, 0.15) is 39.0 Å². The van der Waals surface area contributed by atoms with Crippen molar-refractivity contribution in [1.29, 1.82) is 0 Å². The summed E-state index contributed by atoms with van der Waals surface area (Å²) in [5.41, 5.74) is -0.165. The van der Waals surface area contributed by atoms with Gasteiger partial charge in [0.25, 0.3) is 0 Å². The molecule has 0 radical (unpaired) electrons. The van der Waals surface area contributed by atoms with Crippen molar-refractivity contribution in [3.8, 4) is 0 Å². The standard InChI is InChI=1S/C15H27F3N2O/c1-2-7-20(11-15(16,17)18)10-14(6-3-8-21-12-14)9-19-13-4-5-13/h13,19H,2-12H2,1H3. The average Bonchev–Trinajstić information content (AvgIpc) is 3.20. The summed E-state index contributed by atoms with van der Waals surface area (Å²) in [6.07, 6.45) is 0.887. The number of hydrogen-bond acceptors (Lipinski definition) is 3. The van der Waals surface area contributed by atoms with Gasteiger partial charge in [-0.2, -0.15) is 13.2 Å². The van der Waals surface area contributed by atoms with Gasteiger partial charge in [-0.15, -0.1) is 0 Å². The van der Waals surface area contributed by atoms with E-state index in [1.807, 2.05) is 6.92 Å². The summed E-state index contributed by atoms with van der Waals surface area (Å²) in [5, 5.41) is 3.49. The van der Waals surface area contributed by atoms with Crippen molar-refractivity contribution in [2.75, 3.05) is 39.4 Å². The summed E-state index contributed by atoms with van der Waals surface area (Å²) in [6, 6.07) is 0.575. The lowest BCUT2D eigenvalue weighted by Crippen LogP contribution is -2.51. The summed E-state index contributed by atoms with van der Waals surface area (Å²) >= 11 is 0. The topological polar surface area (TPSA) is 24.5 Å². The zero-order valence-electron chi connectivity index (χ0n) is 12.8. The van der Waals surface area contributed by atoms with E-state index in [2.05, 4.69) is 5.32 Å². The molecule has 2 rings (SSSR count). The van der Waals surface area contributed by atoms with Gasteiger partial charge in [-0.1, -0.05) is 6.92 Å². The molecule has 124 valence electrons. The largest absolute Gasteiger partial charge is 0.401 e. The van der Waals surface area contributed by atoms with Gasteiger partial charge in [-0.05, 0) is 38.6 Å². The van der Waals surface area contributed by atoms with Crippen molar-refractivity contribution in [1.82, 2.24) is 10.2 Å². The fourth-order valence-electron chi connectivity index (χ4n) is 3.14. The summed E-state index contributed by atoms with van der Waals surface area (Å²) < 4.78 is 43.8. The molecule has 1 saturated carbocycles. The van der Waals surface area contributed by atoms with Crippen LogP contribution in [0.2, 0.25) is 0 Å². The van der Waals surface area contributed by atoms with Crippen LogP contribution in [0.3, 0.4) is 0 Å². The monoisotopic (exact) mass is 308 g/mol. The Hall–Kier alpha value is -0.330. The van der Waals surface area contributed by atoms with Crippen molar-refractivity contribution < 1.29 is 17.9 Å². The number of hydrogen-bond donors (Lipinski definition) is 1. The van der Waals surface area contributed by atoms with Gasteiger partial charge < -0.3 is 10.1 Å². The van der Waals surface area contributed by atoms with E-state index >= 15 is 0 Å². The Kier molecular flexibility index (Phi) is 5.91. The predicted octanol–water partition coefficient (Wildman–Crippen LogP) is 2.81. The molecule has 1 saturated heterocycles. The van der Waals surface area contributed by atoms with E-state index in [0.717, 1.165) is 32.4 Å². The second-order valence-electron chi connectivity index (χ2n) is 6.64. The summed E-state index contributed by atoms with van der Waals surface area (Å²) in [4.78, 5) is 1.56. The minimum absolute atomic E-state index is 0.165. The van der Waals surface area contributed by atoms with Gasteiger partial charge >= 0.3 is 6.18 Å². The van der Waals surface area contributed by atoms with Crippen LogP contribution in [0.5, 0.6) is 0 Å². The highest BCUT2D eigenvalue weighted by Gasteiger charge is 2.39. The first kappa shape index (κ1) is 17.0. The van der Waals surface area contributed by atoms with Gasteiger partial charge in [0.05, 0.1) is 13.2 Å². The number of halogens is 3. The van der Waals surface area contributed by atoms with Gasteiger partial charge in [-0.3, -0.25) is 4.90 Å². The molecule has 0 bridgehead atoms. The highest BCUT2D eigenvalue weighted by atomic mass is 19.4. The van der Waals surface area contributed by atoms with Gasteiger partial charge in [0.2, 0.25) is 0 Å². The van der Waals surface area contributed by atoms with Crippen LogP contribution in [0, 0.1) is 5.41 Å². The van der Waals surface area contributed by atoms with E-state index in [1.54, 1.807) is 4.90 Å². The van der Waals surface area contributed by atoms with Crippen LogP contribution in [0.15, 0.2) is 0 Å². The lowest BCUT2D eigenvalue weighted by molar-refractivity contribution is -0.152. The normalized spacial score (nSPS) is 27.3. The second kappa shape index (κ2) is 7.29. The third-order valence-electron chi connectivity index (χ3n) is 4.25. The Morgan fingerprint density at radius 2 is 2.10 bits per heavy atom. The molecule has 6 heteroatoms. The lowest BCUT2D eigenvalue weighted by atomic mass is 9.81. The molecule has 1 aliphatic carbocycles. The van der Waals surface area contributed by atoms with Crippen LogP contribution < -0.4 is 5.32 Å². The van der Waals surface area contributed by atoms with Crippen molar-refractivity contribution in [2.24, 2.45) is 5.41 Å². The maximum atomic E-state index is 12.7. The zero-order valence-corrected chi connectivity index (χ0v) is 12.8. The number of ether oxygens (including phenoxy) is 1. The van der Waals surface area contributed by atoms with Gasteiger partial charge in [0.1, 0.15) is 0 Å². The first-order valence-corrected chi connectivity index (χ1v) is 8.03. The van der Waals surface area contributed by atoms with Gasteiger partial charge in [-0.25, -0.2) is 0 Å². The van der Waals surface area contributed by atoms with E-state index in [-0.39, 0.29) is 5.41 Å². The van der Waals surface area contributed by atoms with E-state index in [1.165, 1.54) is 12.8 Å². The molecule has 1 atom stereocenters. The Morgan fingerprint density at radius 1 is 1.33 bits per heavy atom. The third kappa shape index (κ3) is 6.12. The SMILES string of the molecule is CCCN(CC(F)(F)F)CC1(CNC2CC2)CCCOC1. The van der Waals surface area contributed by atoms with E-state index in [4.69, 9.17) is 4.74 Å². The average molecular weight is 308 g/mol. The molecule has 1 N–H and O–H groups in total. The molecule has 0 aromatic rings. The van der Waals surface area contributed by atoms with Gasteiger partial charge in [0.15, 0.2) is 0 Å². The van der Waals surface area contributed by atoms with Crippen molar-refractivity contribution in [2.45, 2.75) is 51.2 Å². The minimum Gasteiger partial charge on any atom is -0.381 e. The second-order valence-corrected chi connectivity index (χ2v) is 6.64. The fourth-order valence-corrected chi connectivity index (χ4v) is 3.14. The first-order valence-electron chi connectivity index (χ1n) is 8.03. The van der Waals surface area contributed by atoms with Crippen LogP contribution in [0.4, 0.5) is 13.2 Å². The number of nitrogens with one attached hydrogen (secondary N) is 1. The molecule has 0 aromatic heterocycles. The Labute approximate surface area is 125 Å². The summed E-state index contributed by atoms with van der Waals surface area (Å²) in [5.74, 6) is 0. The fraction of sp³-hybridized carbons (Fsp3) is 1.00. The molecular weight excluding hydrogens is 281 g/mol. The lowest BCUT2D eigenvalue weighted by Gasteiger charge is -2.41. The number of alkyl halides is 3. The maximum absolute atomic E-state index is 12.7. The van der Waals surface area contributed by atoms with E-state index < -0.39 is 12.7 Å². The van der Waals surface area contributed by atoms with Crippen molar-refractivity contribution in [3.63, 3.8) is 0 Å². The Morgan fingerprint density at radius 3 is 2.62 bits per heavy atom. The quantitative estimate of drug-likeness (QED) is 0.746. The predicted molar refractivity (Wildman–Crippen MR) is 76.3 cm³/mol. The summed E-state index contributed by atoms with van der Waals surface area (Å²) in [6.45, 7) is 4.16. The molecule has 0 spiro atoms. The molecule has 0 amide bonds. The van der Waals surface area contributed by atoms with Crippen LogP contribution in [0.25, 0.3) is 0 Å². The highest BCUT2D eigenvalue weighted by molar-refractivity contribution is 4.91. The van der Waals surface area contributed by atoms with Crippen molar-refractivity contribution >= 4 is 0 Å². The summed E-state index contributed by atoms with van der Waals surface area (Å²) in [7, 11) is 0. The molecule has 2 fully saturated rings. The Bertz CT molecular complexity index is 313. The molecule has 2 aliphatic rings. The minimum atomic E-state index is -4.13. The number of rotatable bonds is 8. The first-order chi connectivity index (χ1) is 9.92. The van der Waals surface area contributed by atoms with Crippen LogP contribution in [-0.4, -0.2) is 56.5 Å². The molecule has 1 heterocycles. The molecule has 21 heavy (non-hydrogen) atoms.